The number of carbonyl (C=O) groups is 1. The molecule has 0 aliphatic rings. The molecule has 0 saturated carbocycles. The number of aryl methyl sites for hydroxylation is 1. The van der Waals surface area contributed by atoms with Crippen molar-refractivity contribution in [2.45, 2.75) is 19.9 Å². The average Bonchev–Trinajstić information content (AvgIpc) is 2.74. The number of aromatic carboxylic acids is 1. The third-order valence-electron chi connectivity index (χ3n) is 2.91. The van der Waals surface area contributed by atoms with Crippen LogP contribution in [0.5, 0.6) is 0 Å². The standard InChI is InChI=1S/C14H17NO3/c1-2-18-9-5-8-15-10-12(14(16)17)11-6-3-4-7-13(11)15/h3-4,6-7,10H,2,5,8-9H2,1H3,(H,16,17). The number of carboxylic acids is 1. The molecule has 0 aliphatic carbocycles. The summed E-state index contributed by atoms with van der Waals surface area (Å²) in [6, 6.07) is 7.58. The Morgan fingerprint density at radius 1 is 1.39 bits per heavy atom. The van der Waals surface area contributed by atoms with Crippen molar-refractivity contribution in [1.29, 1.82) is 0 Å². The van der Waals surface area contributed by atoms with Crippen molar-refractivity contribution in [3.8, 4) is 0 Å². The van der Waals surface area contributed by atoms with E-state index in [9.17, 15) is 4.79 Å². The van der Waals surface area contributed by atoms with Crippen LogP contribution in [0.15, 0.2) is 30.5 Å². The van der Waals surface area contributed by atoms with Gasteiger partial charge in [0.1, 0.15) is 0 Å². The molecule has 0 aliphatic heterocycles. The highest BCUT2D eigenvalue weighted by molar-refractivity contribution is 6.03. The van der Waals surface area contributed by atoms with Crippen molar-refractivity contribution < 1.29 is 14.6 Å². The molecule has 4 nitrogen and oxygen atoms in total. The first-order valence-electron chi connectivity index (χ1n) is 6.13. The van der Waals surface area contributed by atoms with E-state index in [2.05, 4.69) is 0 Å². The second-order valence-corrected chi connectivity index (χ2v) is 4.11. The van der Waals surface area contributed by atoms with Crippen LogP contribution in [-0.2, 0) is 11.3 Å². The van der Waals surface area contributed by atoms with Gasteiger partial charge < -0.3 is 14.4 Å². The minimum atomic E-state index is -0.880. The number of carboxylic acid groups (broad SMARTS) is 1. The zero-order valence-corrected chi connectivity index (χ0v) is 10.4. The van der Waals surface area contributed by atoms with Gasteiger partial charge in [-0.05, 0) is 19.4 Å². The summed E-state index contributed by atoms with van der Waals surface area (Å²) in [5.41, 5.74) is 1.33. The maximum atomic E-state index is 11.2. The number of ether oxygens (including phenoxy) is 1. The SMILES string of the molecule is CCOCCCn1cc(C(=O)O)c2ccccc21. The summed E-state index contributed by atoms with van der Waals surface area (Å²) >= 11 is 0. The van der Waals surface area contributed by atoms with Crippen LogP contribution in [0.2, 0.25) is 0 Å². The summed E-state index contributed by atoms with van der Waals surface area (Å²) in [5.74, 6) is -0.880. The Morgan fingerprint density at radius 2 is 2.17 bits per heavy atom. The van der Waals surface area contributed by atoms with E-state index in [4.69, 9.17) is 9.84 Å². The lowest BCUT2D eigenvalue weighted by Gasteiger charge is -2.05. The molecule has 1 aromatic carbocycles. The molecule has 1 aromatic heterocycles. The molecule has 0 saturated heterocycles. The Kier molecular flexibility index (Phi) is 3.99. The molecule has 2 rings (SSSR count). The van der Waals surface area contributed by atoms with Gasteiger partial charge in [0.15, 0.2) is 0 Å². The number of nitrogens with zero attached hydrogens (tertiary/aromatic N) is 1. The summed E-state index contributed by atoms with van der Waals surface area (Å²) in [5, 5.41) is 9.96. The third kappa shape index (κ3) is 2.54. The van der Waals surface area contributed by atoms with E-state index in [1.54, 1.807) is 6.20 Å². The molecule has 0 atom stereocenters. The topological polar surface area (TPSA) is 51.5 Å². The maximum Gasteiger partial charge on any atom is 0.337 e. The zero-order chi connectivity index (χ0) is 13.0. The third-order valence-corrected chi connectivity index (χ3v) is 2.91. The van der Waals surface area contributed by atoms with Crippen molar-refractivity contribution in [1.82, 2.24) is 4.57 Å². The lowest BCUT2D eigenvalue weighted by Crippen LogP contribution is -2.01. The van der Waals surface area contributed by atoms with Crippen LogP contribution < -0.4 is 0 Å². The number of rotatable bonds is 6. The van der Waals surface area contributed by atoms with Crippen molar-refractivity contribution in [2.75, 3.05) is 13.2 Å². The molecule has 4 heteroatoms. The van der Waals surface area contributed by atoms with Gasteiger partial charge in [0.05, 0.1) is 5.56 Å². The molecule has 0 amide bonds. The zero-order valence-electron chi connectivity index (χ0n) is 10.4. The van der Waals surface area contributed by atoms with E-state index < -0.39 is 5.97 Å². The van der Waals surface area contributed by atoms with Crippen LogP contribution in [0.4, 0.5) is 0 Å². The normalized spacial score (nSPS) is 10.9. The second-order valence-electron chi connectivity index (χ2n) is 4.11. The molecule has 0 spiro atoms. The predicted octanol–water partition coefficient (Wildman–Crippen LogP) is 2.77. The first-order valence-corrected chi connectivity index (χ1v) is 6.13. The van der Waals surface area contributed by atoms with Crippen LogP contribution in [-0.4, -0.2) is 28.9 Å². The van der Waals surface area contributed by atoms with Gasteiger partial charge >= 0.3 is 5.97 Å². The highest BCUT2D eigenvalue weighted by Crippen LogP contribution is 2.21. The molecular weight excluding hydrogens is 230 g/mol. The van der Waals surface area contributed by atoms with Gasteiger partial charge in [0, 0.05) is 36.9 Å². The van der Waals surface area contributed by atoms with Crippen LogP contribution in [0, 0.1) is 0 Å². The molecule has 1 N–H and O–H groups in total. The monoisotopic (exact) mass is 247 g/mol. The molecule has 96 valence electrons. The molecule has 2 aromatic rings. The van der Waals surface area contributed by atoms with E-state index in [-0.39, 0.29) is 0 Å². The highest BCUT2D eigenvalue weighted by Gasteiger charge is 2.12. The van der Waals surface area contributed by atoms with E-state index in [1.165, 1.54) is 0 Å². The minimum Gasteiger partial charge on any atom is -0.478 e. The number of fused-ring (bicyclic) bond motifs is 1. The van der Waals surface area contributed by atoms with Crippen molar-refractivity contribution >= 4 is 16.9 Å². The summed E-state index contributed by atoms with van der Waals surface area (Å²) < 4.78 is 7.28. The van der Waals surface area contributed by atoms with Crippen molar-refractivity contribution in [3.63, 3.8) is 0 Å². The van der Waals surface area contributed by atoms with Crippen LogP contribution >= 0.6 is 0 Å². The molecule has 1 heterocycles. The van der Waals surface area contributed by atoms with E-state index in [0.29, 0.717) is 18.8 Å². The lowest BCUT2D eigenvalue weighted by molar-refractivity contribution is 0.0699. The van der Waals surface area contributed by atoms with Crippen molar-refractivity contribution in [2.24, 2.45) is 0 Å². The largest absolute Gasteiger partial charge is 0.478 e. The van der Waals surface area contributed by atoms with Gasteiger partial charge in [-0.2, -0.15) is 0 Å². The lowest BCUT2D eigenvalue weighted by atomic mass is 10.2. The highest BCUT2D eigenvalue weighted by atomic mass is 16.5. The first kappa shape index (κ1) is 12.6. The fourth-order valence-corrected chi connectivity index (χ4v) is 2.08. The van der Waals surface area contributed by atoms with Crippen LogP contribution in [0.3, 0.4) is 0 Å². The number of benzene rings is 1. The molecule has 0 bridgehead atoms. The van der Waals surface area contributed by atoms with Gasteiger partial charge in [-0.15, -0.1) is 0 Å². The predicted molar refractivity (Wildman–Crippen MR) is 70.0 cm³/mol. The Bertz CT molecular complexity index is 545. The van der Waals surface area contributed by atoms with Gasteiger partial charge in [-0.1, -0.05) is 18.2 Å². The molecular formula is C14H17NO3. The van der Waals surface area contributed by atoms with E-state index >= 15 is 0 Å². The fraction of sp³-hybridized carbons (Fsp3) is 0.357. The van der Waals surface area contributed by atoms with Gasteiger partial charge in [0.25, 0.3) is 0 Å². The molecule has 18 heavy (non-hydrogen) atoms. The Labute approximate surface area is 106 Å². The number of aromatic nitrogens is 1. The molecule has 0 unspecified atom stereocenters. The minimum absolute atomic E-state index is 0.363. The van der Waals surface area contributed by atoms with Gasteiger partial charge in [0.2, 0.25) is 0 Å². The number of hydrogen-bond acceptors (Lipinski definition) is 2. The summed E-state index contributed by atoms with van der Waals surface area (Å²) in [6.07, 6.45) is 2.59. The molecule has 0 radical (unpaired) electrons. The Balaban J connectivity index is 2.24. The fourth-order valence-electron chi connectivity index (χ4n) is 2.08. The Morgan fingerprint density at radius 3 is 2.89 bits per heavy atom. The maximum absolute atomic E-state index is 11.2. The quantitative estimate of drug-likeness (QED) is 0.798. The Hall–Kier alpha value is -1.81. The van der Waals surface area contributed by atoms with Crippen molar-refractivity contribution in [3.05, 3.63) is 36.0 Å². The second kappa shape index (κ2) is 5.69. The van der Waals surface area contributed by atoms with Gasteiger partial charge in [-0.25, -0.2) is 4.79 Å². The summed E-state index contributed by atoms with van der Waals surface area (Å²) in [4.78, 5) is 11.2. The van der Waals surface area contributed by atoms with Crippen LogP contribution in [0.1, 0.15) is 23.7 Å². The van der Waals surface area contributed by atoms with E-state index in [0.717, 1.165) is 23.9 Å². The molecule has 0 fully saturated rings. The summed E-state index contributed by atoms with van der Waals surface area (Å²) in [7, 11) is 0. The smallest absolute Gasteiger partial charge is 0.337 e. The number of para-hydroxylation sites is 1. The van der Waals surface area contributed by atoms with Crippen LogP contribution in [0.25, 0.3) is 10.9 Å². The van der Waals surface area contributed by atoms with Gasteiger partial charge in [-0.3, -0.25) is 0 Å². The average molecular weight is 247 g/mol. The number of hydrogen-bond donors (Lipinski definition) is 1. The van der Waals surface area contributed by atoms with E-state index in [1.807, 2.05) is 35.8 Å². The first-order chi connectivity index (χ1) is 8.74. The summed E-state index contributed by atoms with van der Waals surface area (Å²) in [6.45, 7) is 4.15.